The number of hydrogen-bond donors (Lipinski definition) is 0. The summed E-state index contributed by atoms with van der Waals surface area (Å²) in [5, 5.41) is 0. The van der Waals surface area contributed by atoms with E-state index in [4.69, 9.17) is 9.47 Å². The molecule has 0 radical (unpaired) electrons. The van der Waals surface area contributed by atoms with Crippen molar-refractivity contribution in [2.75, 3.05) is 0 Å². The highest BCUT2D eigenvalue weighted by atomic mass is 16.5. The molecule has 2 atom stereocenters. The van der Waals surface area contributed by atoms with Gasteiger partial charge in [0.1, 0.15) is 11.5 Å². The molecule has 1 aromatic carbocycles. The molecule has 0 fully saturated rings. The van der Waals surface area contributed by atoms with E-state index in [1.54, 1.807) is 12.1 Å². The summed E-state index contributed by atoms with van der Waals surface area (Å²) in [6.45, 7) is 15.9. The third kappa shape index (κ3) is 9.02. The fourth-order valence-electron chi connectivity index (χ4n) is 4.05. The van der Waals surface area contributed by atoms with Crippen molar-refractivity contribution in [2.45, 2.75) is 91.9 Å². The van der Waals surface area contributed by atoms with E-state index in [1.807, 2.05) is 0 Å². The summed E-state index contributed by atoms with van der Waals surface area (Å²) in [6, 6.07) is 3.48. The van der Waals surface area contributed by atoms with E-state index < -0.39 is 11.9 Å². The predicted molar refractivity (Wildman–Crippen MR) is 132 cm³/mol. The minimum atomic E-state index is -0.479. The zero-order valence-corrected chi connectivity index (χ0v) is 20.6. The fraction of sp³-hybridized carbons (Fsp3) is 0.571. The Morgan fingerprint density at radius 2 is 1.16 bits per heavy atom. The third-order valence-electron chi connectivity index (χ3n) is 6.17. The smallest absolute Gasteiger partial charge is 0.335 e. The molecule has 0 saturated heterocycles. The van der Waals surface area contributed by atoms with Crippen LogP contribution in [0.4, 0.5) is 0 Å². The van der Waals surface area contributed by atoms with E-state index in [-0.39, 0.29) is 0 Å². The van der Waals surface area contributed by atoms with Gasteiger partial charge in [0.2, 0.25) is 0 Å². The summed E-state index contributed by atoms with van der Waals surface area (Å²) in [7, 11) is 0. The first-order valence-electron chi connectivity index (χ1n) is 12.3. The summed E-state index contributed by atoms with van der Waals surface area (Å²) >= 11 is 0. The van der Waals surface area contributed by atoms with Gasteiger partial charge < -0.3 is 9.47 Å². The van der Waals surface area contributed by atoms with Gasteiger partial charge >= 0.3 is 11.9 Å². The van der Waals surface area contributed by atoms with Crippen LogP contribution in [-0.4, -0.2) is 11.9 Å². The lowest BCUT2D eigenvalue weighted by Gasteiger charge is -2.24. The molecule has 4 nitrogen and oxygen atoms in total. The van der Waals surface area contributed by atoms with Crippen LogP contribution in [-0.2, 0) is 22.4 Å². The molecule has 0 aliphatic heterocycles. The third-order valence-corrected chi connectivity index (χ3v) is 6.17. The van der Waals surface area contributed by atoms with Gasteiger partial charge in [-0.15, -0.1) is 0 Å². The molecule has 1 rings (SSSR count). The standard InChI is InChI=1S/C28H42O4/c1-7-13-15-21(9-3)19-23-24(20-22(10-4)16-14-8-2)26(32-28(30)12-6)18-17-25(23)31-27(29)11-5/h11-12,17-18,21-22H,5-10,13-16,19-20H2,1-4H3. The molecular weight excluding hydrogens is 400 g/mol. The molecule has 0 aliphatic carbocycles. The number of hydrogen-bond acceptors (Lipinski definition) is 4. The van der Waals surface area contributed by atoms with Crippen LogP contribution in [0.5, 0.6) is 11.5 Å². The van der Waals surface area contributed by atoms with Crippen LogP contribution in [0.1, 0.15) is 90.2 Å². The number of ether oxygens (including phenoxy) is 2. The molecule has 0 N–H and O–H groups in total. The molecule has 4 heteroatoms. The van der Waals surface area contributed by atoms with Gasteiger partial charge in [0.05, 0.1) is 0 Å². The first-order valence-corrected chi connectivity index (χ1v) is 12.3. The maximum Gasteiger partial charge on any atom is 0.335 e. The highest BCUT2D eigenvalue weighted by Crippen LogP contribution is 2.37. The number of esters is 2. The first-order chi connectivity index (χ1) is 15.4. The average Bonchev–Trinajstić information content (AvgIpc) is 2.81. The molecule has 0 amide bonds. The molecule has 0 bridgehead atoms. The fourth-order valence-corrected chi connectivity index (χ4v) is 4.05. The lowest BCUT2D eigenvalue weighted by atomic mass is 9.84. The molecular formula is C28H42O4. The van der Waals surface area contributed by atoms with Gasteiger partial charge in [-0.2, -0.15) is 0 Å². The van der Waals surface area contributed by atoms with Crippen molar-refractivity contribution in [1.29, 1.82) is 0 Å². The van der Waals surface area contributed by atoms with Gasteiger partial charge in [0.25, 0.3) is 0 Å². The maximum absolute atomic E-state index is 12.1. The molecule has 0 saturated carbocycles. The minimum Gasteiger partial charge on any atom is -0.423 e. The van der Waals surface area contributed by atoms with Crippen LogP contribution in [0.2, 0.25) is 0 Å². The van der Waals surface area contributed by atoms with Crippen molar-refractivity contribution in [1.82, 2.24) is 0 Å². The van der Waals surface area contributed by atoms with Crippen LogP contribution < -0.4 is 9.47 Å². The van der Waals surface area contributed by atoms with E-state index in [0.29, 0.717) is 23.3 Å². The zero-order valence-electron chi connectivity index (χ0n) is 20.6. The van der Waals surface area contributed by atoms with Crippen molar-refractivity contribution in [3.63, 3.8) is 0 Å². The number of carbonyl (C=O) groups is 2. The number of carbonyl (C=O) groups excluding carboxylic acids is 2. The second-order valence-corrected chi connectivity index (χ2v) is 8.51. The zero-order chi connectivity index (χ0) is 23.9. The van der Waals surface area contributed by atoms with Gasteiger partial charge in [-0.3, -0.25) is 0 Å². The van der Waals surface area contributed by atoms with E-state index in [9.17, 15) is 9.59 Å². The largest absolute Gasteiger partial charge is 0.423 e. The SMILES string of the molecule is C=CC(=O)Oc1ccc(OC(=O)C=C)c(CC(CC)CCCC)c1CC(CC)CCCC. The lowest BCUT2D eigenvalue weighted by molar-refractivity contribution is -0.130. The number of benzene rings is 1. The van der Waals surface area contributed by atoms with Crippen molar-refractivity contribution < 1.29 is 19.1 Å². The monoisotopic (exact) mass is 442 g/mol. The topological polar surface area (TPSA) is 52.6 Å². The van der Waals surface area contributed by atoms with Gasteiger partial charge in [0.15, 0.2) is 0 Å². The van der Waals surface area contributed by atoms with Gasteiger partial charge in [0, 0.05) is 23.3 Å². The molecule has 1 aromatic rings. The predicted octanol–water partition coefficient (Wildman–Crippen LogP) is 7.39. The van der Waals surface area contributed by atoms with Crippen molar-refractivity contribution in [3.8, 4) is 11.5 Å². The minimum absolute atomic E-state index is 0.468. The Labute approximate surface area is 195 Å². The summed E-state index contributed by atoms with van der Waals surface area (Å²) in [4.78, 5) is 24.1. The summed E-state index contributed by atoms with van der Waals surface area (Å²) in [5.41, 5.74) is 1.96. The van der Waals surface area contributed by atoms with Gasteiger partial charge in [-0.05, 0) is 36.8 Å². The highest BCUT2D eigenvalue weighted by molar-refractivity contribution is 5.85. The summed E-state index contributed by atoms with van der Waals surface area (Å²) in [6.07, 6.45) is 12.9. The first kappa shape index (κ1) is 27.7. The molecule has 0 heterocycles. The second kappa shape index (κ2) is 15.4. The Kier molecular flexibility index (Phi) is 13.4. The quantitative estimate of drug-likeness (QED) is 0.152. The second-order valence-electron chi connectivity index (χ2n) is 8.51. The van der Waals surface area contributed by atoms with E-state index in [1.165, 1.54) is 12.2 Å². The Balaban J connectivity index is 3.54. The van der Waals surface area contributed by atoms with Crippen molar-refractivity contribution in [3.05, 3.63) is 48.6 Å². The number of unbranched alkanes of at least 4 members (excludes halogenated alkanes) is 2. The Morgan fingerprint density at radius 3 is 1.44 bits per heavy atom. The molecule has 2 unspecified atom stereocenters. The highest BCUT2D eigenvalue weighted by Gasteiger charge is 2.23. The average molecular weight is 443 g/mol. The number of rotatable bonds is 16. The van der Waals surface area contributed by atoms with Gasteiger partial charge in [-0.1, -0.05) is 92.2 Å². The van der Waals surface area contributed by atoms with E-state index in [2.05, 4.69) is 40.9 Å². The Morgan fingerprint density at radius 1 is 0.781 bits per heavy atom. The van der Waals surface area contributed by atoms with Gasteiger partial charge in [-0.25, -0.2) is 9.59 Å². The molecule has 32 heavy (non-hydrogen) atoms. The van der Waals surface area contributed by atoms with Crippen molar-refractivity contribution >= 4 is 11.9 Å². The maximum atomic E-state index is 12.1. The summed E-state index contributed by atoms with van der Waals surface area (Å²) < 4.78 is 11.3. The van der Waals surface area contributed by atoms with Crippen LogP contribution in [0.15, 0.2) is 37.4 Å². The van der Waals surface area contributed by atoms with Crippen LogP contribution in [0, 0.1) is 11.8 Å². The summed E-state index contributed by atoms with van der Waals surface area (Å²) in [5.74, 6) is 1.07. The van der Waals surface area contributed by atoms with Crippen LogP contribution in [0.25, 0.3) is 0 Å². The van der Waals surface area contributed by atoms with E-state index >= 15 is 0 Å². The normalized spacial score (nSPS) is 12.6. The molecule has 178 valence electrons. The molecule has 0 spiro atoms. The van der Waals surface area contributed by atoms with Crippen LogP contribution in [0.3, 0.4) is 0 Å². The van der Waals surface area contributed by atoms with E-state index in [0.717, 1.165) is 75.3 Å². The Bertz CT molecular complexity index is 687. The molecule has 0 aliphatic rings. The molecule has 0 aromatic heterocycles. The Hall–Kier alpha value is -2.36. The lowest BCUT2D eigenvalue weighted by Crippen LogP contribution is -2.16. The van der Waals surface area contributed by atoms with Crippen molar-refractivity contribution in [2.24, 2.45) is 11.8 Å². The van der Waals surface area contributed by atoms with Crippen LogP contribution >= 0.6 is 0 Å².